The molecular formula is C10H9N5S3. The summed E-state index contributed by atoms with van der Waals surface area (Å²) in [5.74, 6) is 0. The summed E-state index contributed by atoms with van der Waals surface area (Å²) in [6.45, 7) is 2.69. The van der Waals surface area contributed by atoms with Crippen molar-refractivity contribution in [3.05, 3.63) is 33.5 Å². The van der Waals surface area contributed by atoms with E-state index in [9.17, 15) is 0 Å². The molecule has 0 N–H and O–H groups in total. The fourth-order valence-electron chi connectivity index (χ4n) is 1.38. The molecule has 0 fully saturated rings. The Labute approximate surface area is 116 Å². The van der Waals surface area contributed by atoms with E-state index in [1.807, 2.05) is 18.4 Å². The minimum absolute atomic E-state index is 0.706. The van der Waals surface area contributed by atoms with Crippen molar-refractivity contribution >= 4 is 34.4 Å². The van der Waals surface area contributed by atoms with Gasteiger partial charge >= 0.3 is 0 Å². The minimum atomic E-state index is 0.706. The highest BCUT2D eigenvalue weighted by Gasteiger charge is 2.11. The standard InChI is InChI=1S/C10H9N5S3/c1-7-6-17-10(11-7)18-9-12-13-14-15(9)5-8-3-2-4-16-8/h2-4,6H,5H2,1H3. The van der Waals surface area contributed by atoms with E-state index < -0.39 is 0 Å². The normalized spacial score (nSPS) is 10.9. The van der Waals surface area contributed by atoms with Gasteiger partial charge in [0, 0.05) is 16.0 Å². The third-order valence-corrected chi connectivity index (χ3v) is 5.05. The van der Waals surface area contributed by atoms with Crippen LogP contribution >= 0.6 is 34.4 Å². The zero-order valence-corrected chi connectivity index (χ0v) is 11.9. The number of tetrazole rings is 1. The van der Waals surface area contributed by atoms with E-state index in [2.05, 4.69) is 32.0 Å². The third-order valence-electron chi connectivity index (χ3n) is 2.16. The minimum Gasteiger partial charge on any atom is -0.235 e. The Kier molecular flexibility index (Phi) is 3.39. The molecule has 0 amide bonds. The molecule has 0 unspecified atom stereocenters. The predicted octanol–water partition coefficient (Wildman–Crippen LogP) is 2.70. The van der Waals surface area contributed by atoms with Gasteiger partial charge in [0.1, 0.15) is 0 Å². The molecule has 92 valence electrons. The molecule has 0 aromatic carbocycles. The molecule has 3 heterocycles. The van der Waals surface area contributed by atoms with Gasteiger partial charge < -0.3 is 0 Å². The van der Waals surface area contributed by atoms with Gasteiger partial charge in [-0.2, -0.15) is 0 Å². The molecule has 3 rings (SSSR count). The highest BCUT2D eigenvalue weighted by Crippen LogP contribution is 2.28. The maximum Gasteiger partial charge on any atom is 0.216 e. The second-order valence-electron chi connectivity index (χ2n) is 3.56. The molecule has 0 atom stereocenters. The number of aryl methyl sites for hydroxylation is 1. The predicted molar refractivity (Wildman–Crippen MR) is 72.2 cm³/mol. The van der Waals surface area contributed by atoms with E-state index >= 15 is 0 Å². The largest absolute Gasteiger partial charge is 0.235 e. The lowest BCUT2D eigenvalue weighted by molar-refractivity contribution is 0.608. The summed E-state index contributed by atoms with van der Waals surface area (Å²) >= 11 is 4.81. The van der Waals surface area contributed by atoms with E-state index in [4.69, 9.17) is 0 Å². The number of hydrogen-bond acceptors (Lipinski definition) is 7. The average Bonchev–Trinajstić information content (AvgIpc) is 3.05. The van der Waals surface area contributed by atoms with E-state index in [1.54, 1.807) is 27.4 Å². The van der Waals surface area contributed by atoms with Crippen LogP contribution in [0.15, 0.2) is 32.4 Å². The number of thiophene rings is 1. The van der Waals surface area contributed by atoms with Gasteiger partial charge in [-0.05, 0) is 40.6 Å². The van der Waals surface area contributed by atoms with Gasteiger partial charge in [-0.1, -0.05) is 6.07 Å². The van der Waals surface area contributed by atoms with E-state index in [0.29, 0.717) is 6.54 Å². The zero-order valence-electron chi connectivity index (χ0n) is 9.48. The van der Waals surface area contributed by atoms with Crippen LogP contribution in [0.2, 0.25) is 0 Å². The first-order chi connectivity index (χ1) is 8.81. The van der Waals surface area contributed by atoms with Crippen molar-refractivity contribution in [3.63, 3.8) is 0 Å². The summed E-state index contributed by atoms with van der Waals surface area (Å²) in [4.78, 5) is 5.63. The lowest BCUT2D eigenvalue weighted by atomic mass is 10.5. The maximum atomic E-state index is 4.40. The lowest BCUT2D eigenvalue weighted by Gasteiger charge is -2.00. The van der Waals surface area contributed by atoms with Crippen molar-refractivity contribution in [1.29, 1.82) is 0 Å². The molecule has 18 heavy (non-hydrogen) atoms. The molecule has 5 nitrogen and oxygen atoms in total. The summed E-state index contributed by atoms with van der Waals surface area (Å²) in [5, 5.41) is 16.6. The highest BCUT2D eigenvalue weighted by molar-refractivity contribution is 8.00. The number of nitrogens with zero attached hydrogens (tertiary/aromatic N) is 5. The Bertz CT molecular complexity index is 628. The smallest absolute Gasteiger partial charge is 0.216 e. The van der Waals surface area contributed by atoms with Gasteiger partial charge in [-0.25, -0.2) is 9.67 Å². The second-order valence-corrected chi connectivity index (χ2v) is 6.66. The van der Waals surface area contributed by atoms with Gasteiger partial charge in [0.05, 0.1) is 6.54 Å². The molecule has 3 aromatic rings. The van der Waals surface area contributed by atoms with Crippen molar-refractivity contribution in [2.45, 2.75) is 23.0 Å². The Morgan fingerprint density at radius 2 is 2.33 bits per heavy atom. The topological polar surface area (TPSA) is 56.5 Å². The summed E-state index contributed by atoms with van der Waals surface area (Å²) in [6.07, 6.45) is 0. The van der Waals surface area contributed by atoms with Gasteiger partial charge in [-0.3, -0.25) is 0 Å². The van der Waals surface area contributed by atoms with Gasteiger partial charge in [0.2, 0.25) is 5.16 Å². The quantitative estimate of drug-likeness (QED) is 0.740. The molecule has 0 saturated heterocycles. The lowest BCUT2D eigenvalue weighted by Crippen LogP contribution is -2.02. The Morgan fingerprint density at radius 3 is 3.06 bits per heavy atom. The molecule has 3 aromatic heterocycles. The molecule has 0 aliphatic heterocycles. The van der Waals surface area contributed by atoms with Crippen LogP contribution in [0.3, 0.4) is 0 Å². The van der Waals surface area contributed by atoms with Gasteiger partial charge in [-0.15, -0.1) is 27.8 Å². The molecule has 0 spiro atoms. The second kappa shape index (κ2) is 5.17. The van der Waals surface area contributed by atoms with Crippen molar-refractivity contribution in [1.82, 2.24) is 25.2 Å². The van der Waals surface area contributed by atoms with E-state index in [-0.39, 0.29) is 0 Å². The summed E-state index contributed by atoms with van der Waals surface area (Å²) in [7, 11) is 0. The molecule has 0 aliphatic rings. The number of rotatable bonds is 4. The van der Waals surface area contributed by atoms with Crippen LogP contribution < -0.4 is 0 Å². The maximum absolute atomic E-state index is 4.40. The van der Waals surface area contributed by atoms with Crippen molar-refractivity contribution in [2.75, 3.05) is 0 Å². The van der Waals surface area contributed by atoms with Crippen LogP contribution in [0, 0.1) is 6.92 Å². The number of aromatic nitrogens is 5. The first-order valence-corrected chi connectivity index (χ1v) is 7.77. The van der Waals surface area contributed by atoms with E-state index in [1.165, 1.54) is 16.6 Å². The number of thiazole rings is 1. The van der Waals surface area contributed by atoms with Crippen LogP contribution in [0.5, 0.6) is 0 Å². The molecular weight excluding hydrogens is 286 g/mol. The van der Waals surface area contributed by atoms with Gasteiger partial charge in [0.15, 0.2) is 4.34 Å². The zero-order chi connectivity index (χ0) is 12.4. The van der Waals surface area contributed by atoms with Crippen molar-refractivity contribution < 1.29 is 0 Å². The fourth-order valence-corrected chi connectivity index (χ4v) is 3.77. The van der Waals surface area contributed by atoms with E-state index in [0.717, 1.165) is 15.2 Å². The van der Waals surface area contributed by atoms with Crippen LogP contribution in [-0.4, -0.2) is 25.2 Å². The van der Waals surface area contributed by atoms with Crippen LogP contribution in [-0.2, 0) is 6.54 Å². The van der Waals surface area contributed by atoms with Crippen LogP contribution in [0.4, 0.5) is 0 Å². The Balaban J connectivity index is 1.79. The van der Waals surface area contributed by atoms with Crippen molar-refractivity contribution in [3.8, 4) is 0 Å². The average molecular weight is 295 g/mol. The first-order valence-electron chi connectivity index (χ1n) is 5.20. The molecule has 8 heteroatoms. The summed E-state index contributed by atoms with van der Waals surface area (Å²) in [5.41, 5.74) is 1.03. The Hall–Kier alpha value is -1.25. The third kappa shape index (κ3) is 2.60. The van der Waals surface area contributed by atoms with Crippen LogP contribution in [0.1, 0.15) is 10.6 Å². The van der Waals surface area contributed by atoms with Gasteiger partial charge in [0.25, 0.3) is 0 Å². The molecule has 0 aliphatic carbocycles. The fraction of sp³-hybridized carbons (Fsp3) is 0.200. The first kappa shape index (κ1) is 11.8. The molecule has 0 radical (unpaired) electrons. The monoisotopic (exact) mass is 295 g/mol. The highest BCUT2D eigenvalue weighted by atomic mass is 32.2. The molecule has 0 bridgehead atoms. The van der Waals surface area contributed by atoms with Crippen LogP contribution in [0.25, 0.3) is 0 Å². The summed E-state index contributed by atoms with van der Waals surface area (Å²) < 4.78 is 2.77. The van der Waals surface area contributed by atoms with Crippen molar-refractivity contribution in [2.24, 2.45) is 0 Å². The number of hydrogen-bond donors (Lipinski definition) is 0. The SMILES string of the molecule is Cc1csc(Sc2nnnn2Cc2cccs2)n1. The summed E-state index contributed by atoms with van der Waals surface area (Å²) in [6, 6.07) is 4.11. The Morgan fingerprint density at radius 1 is 1.39 bits per heavy atom. The molecule has 0 saturated carbocycles.